The Morgan fingerprint density at radius 2 is 1.93 bits per heavy atom. The molecular weight excluding hydrogens is 176 g/mol. The summed E-state index contributed by atoms with van der Waals surface area (Å²) in [5.74, 6) is 0.259. The van der Waals surface area contributed by atoms with E-state index in [1.807, 2.05) is 13.0 Å². The Labute approximate surface area is 87.0 Å². The van der Waals surface area contributed by atoms with Crippen LogP contribution >= 0.6 is 0 Å². The average Bonchev–Trinajstić information content (AvgIpc) is 2.19. The van der Waals surface area contributed by atoms with E-state index in [4.69, 9.17) is 5.11 Å². The number of hydrogen-bond acceptors (Lipinski definition) is 2. The Balaban J connectivity index is 3.81. The van der Waals surface area contributed by atoms with Crippen molar-refractivity contribution in [2.24, 2.45) is 0 Å². The molecule has 0 aromatic heterocycles. The van der Waals surface area contributed by atoms with E-state index in [2.05, 4.69) is 6.92 Å². The summed E-state index contributed by atoms with van der Waals surface area (Å²) in [4.78, 5) is 11.6. The smallest absolute Gasteiger partial charge is 0.158 e. The van der Waals surface area contributed by atoms with Gasteiger partial charge in [-0.2, -0.15) is 0 Å². The summed E-state index contributed by atoms with van der Waals surface area (Å²) in [6.07, 6.45) is 7.17. The molecule has 0 heterocycles. The number of carbonyl (C=O) groups excluding carboxylic acids is 1. The van der Waals surface area contributed by atoms with Gasteiger partial charge in [-0.25, -0.2) is 0 Å². The zero-order valence-electron chi connectivity index (χ0n) is 9.38. The van der Waals surface area contributed by atoms with E-state index < -0.39 is 0 Å². The Morgan fingerprint density at radius 3 is 2.43 bits per heavy atom. The Bertz CT molecular complexity index is 183. The van der Waals surface area contributed by atoms with Gasteiger partial charge in [0, 0.05) is 13.0 Å². The molecule has 0 aromatic carbocycles. The van der Waals surface area contributed by atoms with Crippen molar-refractivity contribution in [1.82, 2.24) is 0 Å². The zero-order chi connectivity index (χ0) is 10.8. The van der Waals surface area contributed by atoms with Gasteiger partial charge in [-0.3, -0.25) is 4.79 Å². The lowest BCUT2D eigenvalue weighted by Crippen LogP contribution is -2.03. The maximum atomic E-state index is 11.6. The quantitative estimate of drug-likeness (QED) is 0.481. The normalized spacial score (nSPS) is 11.8. The molecule has 0 rings (SSSR count). The fraction of sp³-hybridized carbons (Fsp3) is 0.750. The van der Waals surface area contributed by atoms with Gasteiger partial charge in [-0.15, -0.1) is 0 Å². The summed E-state index contributed by atoms with van der Waals surface area (Å²) in [5, 5.41) is 8.59. The van der Waals surface area contributed by atoms with Crippen molar-refractivity contribution in [3.05, 3.63) is 11.6 Å². The van der Waals surface area contributed by atoms with Crippen molar-refractivity contribution in [2.45, 2.75) is 52.4 Å². The highest BCUT2D eigenvalue weighted by atomic mass is 16.2. The van der Waals surface area contributed by atoms with Crippen LogP contribution in [0.15, 0.2) is 11.6 Å². The predicted molar refractivity (Wildman–Crippen MR) is 59.2 cm³/mol. The van der Waals surface area contributed by atoms with Crippen LogP contribution in [0.3, 0.4) is 0 Å². The lowest BCUT2D eigenvalue weighted by Gasteiger charge is -2.04. The molecule has 0 saturated heterocycles. The van der Waals surface area contributed by atoms with Gasteiger partial charge in [0.1, 0.15) is 0 Å². The number of hydrogen-bond donors (Lipinski definition) is 1. The highest BCUT2D eigenvalue weighted by Gasteiger charge is 2.07. The van der Waals surface area contributed by atoms with Crippen LogP contribution in [0, 0.1) is 0 Å². The molecule has 2 heteroatoms. The molecule has 2 nitrogen and oxygen atoms in total. The third-order valence-corrected chi connectivity index (χ3v) is 2.32. The first kappa shape index (κ1) is 13.4. The molecule has 0 amide bonds. The standard InChI is InChI=1S/C12H22O2/c1-3-5-8-11(4-2)12(14)9-6-7-10-13/h4,13H,3,5-10H2,1-2H3. The highest BCUT2D eigenvalue weighted by molar-refractivity contribution is 5.95. The Morgan fingerprint density at radius 1 is 1.21 bits per heavy atom. The molecular formula is C12H22O2. The number of aliphatic hydroxyl groups excluding tert-OH is 1. The molecule has 0 saturated carbocycles. The average molecular weight is 198 g/mol. The van der Waals surface area contributed by atoms with Crippen LogP contribution in [0.1, 0.15) is 52.4 Å². The molecule has 82 valence electrons. The van der Waals surface area contributed by atoms with Crippen molar-refractivity contribution in [3.63, 3.8) is 0 Å². The first-order chi connectivity index (χ1) is 6.76. The van der Waals surface area contributed by atoms with Crippen molar-refractivity contribution in [2.75, 3.05) is 6.61 Å². The second kappa shape index (κ2) is 8.95. The summed E-state index contributed by atoms with van der Waals surface area (Å²) in [7, 11) is 0. The topological polar surface area (TPSA) is 37.3 Å². The van der Waals surface area contributed by atoms with Gasteiger partial charge in [0.05, 0.1) is 0 Å². The van der Waals surface area contributed by atoms with Crippen LogP contribution in [0.5, 0.6) is 0 Å². The minimum Gasteiger partial charge on any atom is -0.396 e. The van der Waals surface area contributed by atoms with Crippen LogP contribution in [0.4, 0.5) is 0 Å². The predicted octanol–water partition coefficient (Wildman–Crippen LogP) is 2.85. The van der Waals surface area contributed by atoms with Crippen LogP contribution in [0.25, 0.3) is 0 Å². The fourth-order valence-electron chi connectivity index (χ4n) is 1.37. The number of ketones is 1. The van der Waals surface area contributed by atoms with Crippen molar-refractivity contribution >= 4 is 5.78 Å². The molecule has 0 bridgehead atoms. The molecule has 0 aliphatic carbocycles. The van der Waals surface area contributed by atoms with Gasteiger partial charge in [-0.05, 0) is 38.2 Å². The van der Waals surface area contributed by atoms with Crippen LogP contribution < -0.4 is 0 Å². The monoisotopic (exact) mass is 198 g/mol. The summed E-state index contributed by atoms with van der Waals surface area (Å²) < 4.78 is 0. The molecule has 14 heavy (non-hydrogen) atoms. The first-order valence-corrected chi connectivity index (χ1v) is 5.55. The molecule has 0 spiro atoms. The molecule has 0 aromatic rings. The van der Waals surface area contributed by atoms with Crippen LogP contribution in [-0.2, 0) is 4.79 Å². The molecule has 0 radical (unpaired) electrons. The summed E-state index contributed by atoms with van der Waals surface area (Å²) >= 11 is 0. The van der Waals surface area contributed by atoms with Crippen LogP contribution in [0.2, 0.25) is 0 Å². The van der Waals surface area contributed by atoms with E-state index in [0.29, 0.717) is 6.42 Å². The van der Waals surface area contributed by atoms with Gasteiger partial charge in [0.15, 0.2) is 5.78 Å². The molecule has 0 fully saturated rings. The fourth-order valence-corrected chi connectivity index (χ4v) is 1.37. The Kier molecular flexibility index (Phi) is 8.54. The number of rotatable bonds is 8. The van der Waals surface area contributed by atoms with Crippen molar-refractivity contribution in [3.8, 4) is 0 Å². The maximum Gasteiger partial charge on any atom is 0.158 e. The lowest BCUT2D eigenvalue weighted by molar-refractivity contribution is -0.115. The van der Waals surface area contributed by atoms with Crippen molar-refractivity contribution < 1.29 is 9.90 Å². The first-order valence-electron chi connectivity index (χ1n) is 5.55. The SMILES string of the molecule is CC=C(CCCC)C(=O)CCCCO. The molecule has 0 unspecified atom stereocenters. The Hall–Kier alpha value is -0.630. The zero-order valence-corrected chi connectivity index (χ0v) is 9.38. The highest BCUT2D eigenvalue weighted by Crippen LogP contribution is 2.12. The second-order valence-electron chi connectivity index (χ2n) is 3.52. The molecule has 1 N–H and O–H groups in total. The third kappa shape index (κ3) is 5.92. The number of allylic oxidation sites excluding steroid dienone is 2. The number of aliphatic hydroxyl groups is 1. The second-order valence-corrected chi connectivity index (χ2v) is 3.52. The van der Waals surface area contributed by atoms with E-state index >= 15 is 0 Å². The number of unbranched alkanes of at least 4 members (excludes halogenated alkanes) is 2. The van der Waals surface area contributed by atoms with E-state index in [9.17, 15) is 4.79 Å². The summed E-state index contributed by atoms with van der Waals surface area (Å²) in [6, 6.07) is 0. The third-order valence-electron chi connectivity index (χ3n) is 2.32. The van der Waals surface area contributed by atoms with Gasteiger partial charge in [0.2, 0.25) is 0 Å². The molecule has 0 aliphatic rings. The van der Waals surface area contributed by atoms with E-state index in [1.165, 1.54) is 0 Å². The molecule has 0 aliphatic heterocycles. The minimum absolute atomic E-state index is 0.188. The summed E-state index contributed by atoms with van der Waals surface area (Å²) in [5.41, 5.74) is 0.963. The largest absolute Gasteiger partial charge is 0.396 e. The van der Waals surface area contributed by atoms with E-state index in [1.54, 1.807) is 0 Å². The number of Topliss-reactive ketones (excluding diaryl/α,β-unsaturated/α-hetero) is 1. The number of carbonyl (C=O) groups is 1. The maximum absolute atomic E-state index is 11.6. The van der Waals surface area contributed by atoms with E-state index in [0.717, 1.165) is 37.7 Å². The summed E-state index contributed by atoms with van der Waals surface area (Å²) in [6.45, 7) is 4.24. The minimum atomic E-state index is 0.188. The molecule has 0 atom stereocenters. The van der Waals surface area contributed by atoms with Crippen LogP contribution in [-0.4, -0.2) is 17.5 Å². The lowest BCUT2D eigenvalue weighted by atomic mass is 10.0. The van der Waals surface area contributed by atoms with Crippen molar-refractivity contribution in [1.29, 1.82) is 0 Å². The van der Waals surface area contributed by atoms with Gasteiger partial charge in [-0.1, -0.05) is 19.4 Å². The van der Waals surface area contributed by atoms with Gasteiger partial charge >= 0.3 is 0 Å². The van der Waals surface area contributed by atoms with Gasteiger partial charge in [0.25, 0.3) is 0 Å². The van der Waals surface area contributed by atoms with E-state index in [-0.39, 0.29) is 12.4 Å². The van der Waals surface area contributed by atoms with Gasteiger partial charge < -0.3 is 5.11 Å².